The number of rotatable bonds is 0. The Morgan fingerprint density at radius 1 is 1.50 bits per heavy atom. The van der Waals surface area contributed by atoms with Gasteiger partial charge in [0.2, 0.25) is 0 Å². The van der Waals surface area contributed by atoms with E-state index in [1.807, 2.05) is 6.92 Å². The van der Waals surface area contributed by atoms with Crippen LogP contribution in [0.5, 0.6) is 0 Å². The van der Waals surface area contributed by atoms with Crippen molar-refractivity contribution in [3.05, 3.63) is 0 Å². The van der Waals surface area contributed by atoms with E-state index >= 15 is 0 Å². The van der Waals surface area contributed by atoms with Crippen LogP contribution in [0.2, 0.25) is 0 Å². The van der Waals surface area contributed by atoms with Gasteiger partial charge in [-0.3, -0.25) is 0 Å². The summed E-state index contributed by atoms with van der Waals surface area (Å²) in [6.07, 6.45) is 0.656. The molecule has 1 aliphatic heterocycles. The van der Waals surface area contributed by atoms with Gasteiger partial charge >= 0.3 is 0 Å². The molecular formula is C8H16O2. The van der Waals surface area contributed by atoms with Crippen LogP contribution in [0, 0.1) is 5.41 Å². The molecule has 2 nitrogen and oxygen atoms in total. The zero-order chi connectivity index (χ0) is 7.78. The predicted octanol–water partition coefficient (Wildman–Crippen LogP) is 1.18. The van der Waals surface area contributed by atoms with Crippen molar-refractivity contribution in [1.29, 1.82) is 0 Å². The first kappa shape index (κ1) is 8.02. The molecule has 0 saturated carbocycles. The van der Waals surface area contributed by atoms with Gasteiger partial charge in [-0.15, -0.1) is 0 Å². The van der Waals surface area contributed by atoms with E-state index in [-0.39, 0.29) is 17.6 Å². The molecule has 0 bridgehead atoms. The maximum Gasteiger partial charge on any atom is 0.0850 e. The lowest BCUT2D eigenvalue weighted by Gasteiger charge is -2.39. The lowest BCUT2D eigenvalue weighted by molar-refractivity contribution is -0.127. The van der Waals surface area contributed by atoms with Gasteiger partial charge in [0.15, 0.2) is 0 Å². The smallest absolute Gasteiger partial charge is 0.0850 e. The maximum atomic E-state index is 9.58. The first-order valence-corrected chi connectivity index (χ1v) is 3.84. The van der Waals surface area contributed by atoms with E-state index in [4.69, 9.17) is 4.74 Å². The van der Waals surface area contributed by atoms with Crippen LogP contribution in [0.1, 0.15) is 27.2 Å². The fourth-order valence-corrected chi connectivity index (χ4v) is 1.38. The molecule has 0 aromatic carbocycles. The van der Waals surface area contributed by atoms with Gasteiger partial charge in [-0.1, -0.05) is 13.8 Å². The molecule has 0 aliphatic carbocycles. The molecule has 1 aliphatic rings. The molecule has 1 unspecified atom stereocenters. The first-order valence-electron chi connectivity index (χ1n) is 3.84. The summed E-state index contributed by atoms with van der Waals surface area (Å²) in [5, 5.41) is 9.58. The Morgan fingerprint density at radius 2 is 2.10 bits per heavy atom. The fourth-order valence-electron chi connectivity index (χ4n) is 1.38. The van der Waals surface area contributed by atoms with Crippen LogP contribution >= 0.6 is 0 Å². The minimum Gasteiger partial charge on any atom is -0.390 e. The molecule has 1 heterocycles. The van der Waals surface area contributed by atoms with Crippen molar-refractivity contribution in [2.24, 2.45) is 5.41 Å². The molecule has 2 atom stereocenters. The van der Waals surface area contributed by atoms with Crippen molar-refractivity contribution >= 4 is 0 Å². The van der Waals surface area contributed by atoms with Gasteiger partial charge in [0.1, 0.15) is 0 Å². The zero-order valence-corrected chi connectivity index (χ0v) is 6.92. The summed E-state index contributed by atoms with van der Waals surface area (Å²) < 4.78 is 5.28. The van der Waals surface area contributed by atoms with Crippen molar-refractivity contribution in [2.75, 3.05) is 6.61 Å². The van der Waals surface area contributed by atoms with Crippen LogP contribution in [-0.2, 0) is 4.74 Å². The third-order valence-electron chi connectivity index (χ3n) is 2.37. The van der Waals surface area contributed by atoms with Gasteiger partial charge in [0.25, 0.3) is 0 Å². The van der Waals surface area contributed by atoms with Crippen LogP contribution in [0.15, 0.2) is 0 Å². The van der Waals surface area contributed by atoms with Gasteiger partial charge in [-0.05, 0) is 18.8 Å². The number of ether oxygens (including phenoxy) is 1. The lowest BCUT2D eigenvalue weighted by Crippen LogP contribution is -2.44. The Balaban J connectivity index is 2.60. The molecular weight excluding hydrogens is 128 g/mol. The Hall–Kier alpha value is -0.0800. The third kappa shape index (κ3) is 1.32. The normalized spacial score (nSPS) is 39.6. The van der Waals surface area contributed by atoms with Gasteiger partial charge in [-0.2, -0.15) is 0 Å². The molecule has 0 aromatic rings. The van der Waals surface area contributed by atoms with Gasteiger partial charge in [0.05, 0.1) is 12.2 Å². The highest BCUT2D eigenvalue weighted by atomic mass is 16.5. The first-order chi connectivity index (χ1) is 4.54. The molecule has 1 saturated heterocycles. The summed E-state index contributed by atoms with van der Waals surface area (Å²) in [7, 11) is 0. The van der Waals surface area contributed by atoms with Gasteiger partial charge in [0, 0.05) is 6.61 Å². The van der Waals surface area contributed by atoms with Crippen LogP contribution in [0.4, 0.5) is 0 Å². The third-order valence-corrected chi connectivity index (χ3v) is 2.37. The lowest BCUT2D eigenvalue weighted by atomic mass is 9.79. The van der Waals surface area contributed by atoms with Gasteiger partial charge < -0.3 is 9.84 Å². The molecule has 2 heteroatoms. The number of aliphatic hydroxyl groups excluding tert-OH is 1. The molecule has 1 rings (SSSR count). The van der Waals surface area contributed by atoms with Crippen molar-refractivity contribution in [2.45, 2.75) is 39.4 Å². The largest absolute Gasteiger partial charge is 0.390 e. The Bertz CT molecular complexity index is 120. The van der Waals surface area contributed by atoms with E-state index in [9.17, 15) is 5.11 Å². The number of hydrogen-bond donors (Lipinski definition) is 1. The Labute approximate surface area is 62.2 Å². The summed E-state index contributed by atoms with van der Waals surface area (Å²) in [6, 6.07) is 0. The zero-order valence-electron chi connectivity index (χ0n) is 6.92. The highest BCUT2D eigenvalue weighted by Gasteiger charge is 2.35. The fraction of sp³-hybridized carbons (Fsp3) is 1.00. The summed E-state index contributed by atoms with van der Waals surface area (Å²) >= 11 is 0. The van der Waals surface area contributed by atoms with Crippen molar-refractivity contribution < 1.29 is 9.84 Å². The second kappa shape index (κ2) is 2.51. The molecule has 0 spiro atoms. The topological polar surface area (TPSA) is 29.5 Å². The van der Waals surface area contributed by atoms with Crippen molar-refractivity contribution in [1.82, 2.24) is 0 Å². The van der Waals surface area contributed by atoms with Crippen LogP contribution in [0.3, 0.4) is 0 Å². The monoisotopic (exact) mass is 144 g/mol. The quantitative estimate of drug-likeness (QED) is 0.553. The van der Waals surface area contributed by atoms with Crippen LogP contribution in [-0.4, -0.2) is 23.9 Å². The van der Waals surface area contributed by atoms with E-state index in [1.54, 1.807) is 0 Å². The minimum absolute atomic E-state index is 0.00347. The van der Waals surface area contributed by atoms with Gasteiger partial charge in [-0.25, -0.2) is 0 Å². The van der Waals surface area contributed by atoms with E-state index in [0.29, 0.717) is 0 Å². The molecule has 1 fully saturated rings. The second-order valence-corrected chi connectivity index (χ2v) is 3.76. The SMILES string of the molecule is CC1OCCC(C)(C)[C@@H]1O. The van der Waals surface area contributed by atoms with Crippen molar-refractivity contribution in [3.8, 4) is 0 Å². The minimum atomic E-state index is -0.304. The van der Waals surface area contributed by atoms with Crippen molar-refractivity contribution in [3.63, 3.8) is 0 Å². The predicted molar refractivity (Wildman–Crippen MR) is 39.8 cm³/mol. The molecule has 0 aromatic heterocycles. The Kier molecular flexibility index (Phi) is 2.02. The number of aliphatic hydroxyl groups is 1. The van der Waals surface area contributed by atoms with E-state index in [1.165, 1.54) is 0 Å². The average Bonchev–Trinajstić information content (AvgIpc) is 1.83. The van der Waals surface area contributed by atoms with E-state index < -0.39 is 0 Å². The van der Waals surface area contributed by atoms with Crippen LogP contribution < -0.4 is 0 Å². The molecule has 60 valence electrons. The highest BCUT2D eigenvalue weighted by molar-refractivity contribution is 4.85. The summed E-state index contributed by atoms with van der Waals surface area (Å²) in [6.45, 7) is 6.87. The number of hydrogen-bond acceptors (Lipinski definition) is 2. The molecule has 1 N–H and O–H groups in total. The molecule has 10 heavy (non-hydrogen) atoms. The molecule has 0 amide bonds. The summed E-state index contributed by atoms with van der Waals surface area (Å²) in [5.41, 5.74) is 0.0394. The standard InChI is InChI=1S/C8H16O2/c1-6-7(9)8(2,3)4-5-10-6/h6-7,9H,4-5H2,1-3H3/t6?,7-/m1/s1. The highest BCUT2D eigenvalue weighted by Crippen LogP contribution is 2.32. The average molecular weight is 144 g/mol. The Morgan fingerprint density at radius 3 is 2.50 bits per heavy atom. The summed E-state index contributed by atoms with van der Waals surface area (Å²) in [4.78, 5) is 0. The second-order valence-electron chi connectivity index (χ2n) is 3.76. The maximum absolute atomic E-state index is 9.58. The van der Waals surface area contributed by atoms with Crippen LogP contribution in [0.25, 0.3) is 0 Å². The van der Waals surface area contributed by atoms with E-state index in [2.05, 4.69) is 13.8 Å². The molecule has 0 radical (unpaired) electrons. The van der Waals surface area contributed by atoms with E-state index in [0.717, 1.165) is 13.0 Å². The summed E-state index contributed by atoms with van der Waals surface area (Å²) in [5.74, 6) is 0.